The number of ether oxygens (including phenoxy) is 1. The molecule has 2 rings (SSSR count). The van der Waals surface area contributed by atoms with Crippen molar-refractivity contribution in [3.63, 3.8) is 0 Å². The SMILES string of the molecule is COc1ccc2cc(C(O)C(O)CCN)ccc2c1. The Morgan fingerprint density at radius 3 is 2.47 bits per heavy atom. The van der Waals surface area contributed by atoms with Gasteiger partial charge in [0.15, 0.2) is 0 Å². The molecule has 0 fully saturated rings. The van der Waals surface area contributed by atoms with Gasteiger partial charge in [-0.2, -0.15) is 0 Å². The summed E-state index contributed by atoms with van der Waals surface area (Å²) in [5.74, 6) is 0.795. The smallest absolute Gasteiger partial charge is 0.119 e. The summed E-state index contributed by atoms with van der Waals surface area (Å²) in [6.45, 7) is 0.350. The van der Waals surface area contributed by atoms with E-state index >= 15 is 0 Å². The molecule has 0 amide bonds. The van der Waals surface area contributed by atoms with E-state index in [-0.39, 0.29) is 0 Å². The summed E-state index contributed by atoms with van der Waals surface area (Å²) in [4.78, 5) is 0. The minimum Gasteiger partial charge on any atom is -0.497 e. The number of hydrogen-bond donors (Lipinski definition) is 3. The van der Waals surface area contributed by atoms with Gasteiger partial charge in [0.25, 0.3) is 0 Å². The molecule has 0 aliphatic heterocycles. The molecule has 0 heterocycles. The molecule has 4 N–H and O–H groups in total. The lowest BCUT2D eigenvalue weighted by Crippen LogP contribution is -2.21. The fourth-order valence-corrected chi connectivity index (χ4v) is 2.10. The predicted molar refractivity (Wildman–Crippen MR) is 75.1 cm³/mol. The second kappa shape index (κ2) is 6.02. The van der Waals surface area contributed by atoms with E-state index < -0.39 is 12.2 Å². The van der Waals surface area contributed by atoms with E-state index in [9.17, 15) is 10.2 Å². The predicted octanol–water partition coefficient (Wildman–Crippen LogP) is 1.59. The van der Waals surface area contributed by atoms with Crippen molar-refractivity contribution in [2.45, 2.75) is 18.6 Å². The van der Waals surface area contributed by atoms with Gasteiger partial charge in [-0.15, -0.1) is 0 Å². The molecule has 0 aromatic heterocycles. The van der Waals surface area contributed by atoms with Gasteiger partial charge in [-0.3, -0.25) is 0 Å². The highest BCUT2D eigenvalue weighted by molar-refractivity contribution is 5.84. The molecule has 0 aliphatic carbocycles. The van der Waals surface area contributed by atoms with Gasteiger partial charge in [-0.05, 0) is 47.5 Å². The maximum Gasteiger partial charge on any atom is 0.119 e. The summed E-state index contributed by atoms with van der Waals surface area (Å²) in [5.41, 5.74) is 6.08. The van der Waals surface area contributed by atoms with E-state index in [2.05, 4.69) is 0 Å². The molecule has 0 aliphatic rings. The molecule has 2 aromatic rings. The zero-order valence-electron chi connectivity index (χ0n) is 10.9. The molecule has 0 radical (unpaired) electrons. The summed E-state index contributed by atoms with van der Waals surface area (Å²) < 4.78 is 5.17. The van der Waals surface area contributed by atoms with Crippen molar-refractivity contribution in [3.05, 3.63) is 42.0 Å². The van der Waals surface area contributed by atoms with Crippen molar-refractivity contribution < 1.29 is 14.9 Å². The van der Waals surface area contributed by atoms with Crippen LogP contribution in [0.5, 0.6) is 5.75 Å². The van der Waals surface area contributed by atoms with E-state index in [1.54, 1.807) is 7.11 Å². The Balaban J connectivity index is 2.31. The zero-order chi connectivity index (χ0) is 13.8. The number of nitrogens with two attached hydrogens (primary N) is 1. The van der Waals surface area contributed by atoms with Crippen molar-refractivity contribution in [1.29, 1.82) is 0 Å². The first-order valence-corrected chi connectivity index (χ1v) is 6.29. The Morgan fingerprint density at radius 1 is 1.11 bits per heavy atom. The van der Waals surface area contributed by atoms with E-state index in [1.165, 1.54) is 0 Å². The average Bonchev–Trinajstić information content (AvgIpc) is 2.45. The van der Waals surface area contributed by atoms with Crippen LogP contribution in [0.25, 0.3) is 10.8 Å². The Bertz CT molecular complexity index is 556. The molecule has 2 aromatic carbocycles. The molecule has 4 nitrogen and oxygen atoms in total. The van der Waals surface area contributed by atoms with E-state index in [1.807, 2.05) is 36.4 Å². The van der Waals surface area contributed by atoms with Gasteiger partial charge in [-0.1, -0.05) is 18.2 Å². The molecule has 0 saturated carbocycles. The normalized spacial score (nSPS) is 14.3. The molecule has 19 heavy (non-hydrogen) atoms. The van der Waals surface area contributed by atoms with Crippen LogP contribution in [0.3, 0.4) is 0 Å². The number of aliphatic hydroxyl groups excluding tert-OH is 2. The lowest BCUT2D eigenvalue weighted by atomic mass is 9.99. The fourth-order valence-electron chi connectivity index (χ4n) is 2.10. The second-order valence-electron chi connectivity index (χ2n) is 4.56. The van der Waals surface area contributed by atoms with Crippen LogP contribution in [-0.4, -0.2) is 30.0 Å². The Kier molecular flexibility index (Phi) is 4.37. The van der Waals surface area contributed by atoms with Gasteiger partial charge in [-0.25, -0.2) is 0 Å². The van der Waals surface area contributed by atoms with Crippen molar-refractivity contribution in [2.75, 3.05) is 13.7 Å². The van der Waals surface area contributed by atoms with Crippen LogP contribution in [0.1, 0.15) is 18.1 Å². The second-order valence-corrected chi connectivity index (χ2v) is 4.56. The monoisotopic (exact) mass is 261 g/mol. The molecule has 4 heteroatoms. The molecule has 0 saturated heterocycles. The number of aliphatic hydroxyl groups is 2. The van der Waals surface area contributed by atoms with Gasteiger partial charge >= 0.3 is 0 Å². The summed E-state index contributed by atoms with van der Waals surface area (Å²) in [7, 11) is 1.63. The number of benzene rings is 2. The Hall–Kier alpha value is -1.62. The fraction of sp³-hybridized carbons (Fsp3) is 0.333. The number of fused-ring (bicyclic) bond motifs is 1. The maximum atomic E-state index is 10.1. The lowest BCUT2D eigenvalue weighted by molar-refractivity contribution is 0.0151. The quantitative estimate of drug-likeness (QED) is 0.764. The first-order valence-electron chi connectivity index (χ1n) is 6.29. The topological polar surface area (TPSA) is 75.7 Å². The standard InChI is InChI=1S/C15H19NO3/c1-19-13-5-4-10-8-12(3-2-11(10)9-13)15(18)14(17)6-7-16/h2-5,8-9,14-15,17-18H,6-7,16H2,1H3. The van der Waals surface area contributed by atoms with Crippen molar-refractivity contribution in [3.8, 4) is 5.75 Å². The molecule has 0 spiro atoms. The zero-order valence-corrected chi connectivity index (χ0v) is 10.9. The Labute approximate surface area is 112 Å². The van der Waals surface area contributed by atoms with Crippen molar-refractivity contribution in [1.82, 2.24) is 0 Å². The molecule has 2 unspecified atom stereocenters. The third-order valence-corrected chi connectivity index (χ3v) is 3.24. The van der Waals surface area contributed by atoms with Crippen LogP contribution in [0, 0.1) is 0 Å². The minimum absolute atomic E-state index is 0.350. The highest BCUT2D eigenvalue weighted by Crippen LogP contribution is 2.26. The van der Waals surface area contributed by atoms with Gasteiger partial charge < -0.3 is 20.7 Å². The molecular formula is C15H19NO3. The first-order chi connectivity index (χ1) is 9.15. The van der Waals surface area contributed by atoms with E-state index in [4.69, 9.17) is 10.5 Å². The average molecular weight is 261 g/mol. The summed E-state index contributed by atoms with van der Waals surface area (Å²) in [6, 6.07) is 11.3. The number of hydrogen-bond acceptors (Lipinski definition) is 4. The van der Waals surface area contributed by atoms with Crippen LogP contribution >= 0.6 is 0 Å². The molecule has 102 valence electrons. The van der Waals surface area contributed by atoms with Crippen LogP contribution in [0.2, 0.25) is 0 Å². The Morgan fingerprint density at radius 2 is 1.79 bits per heavy atom. The third kappa shape index (κ3) is 3.04. The minimum atomic E-state index is -0.907. The van der Waals surface area contributed by atoms with Gasteiger partial charge in [0.05, 0.1) is 13.2 Å². The van der Waals surface area contributed by atoms with Crippen LogP contribution in [0.15, 0.2) is 36.4 Å². The lowest BCUT2D eigenvalue weighted by Gasteiger charge is -2.18. The highest BCUT2D eigenvalue weighted by atomic mass is 16.5. The van der Waals surface area contributed by atoms with Gasteiger partial charge in [0, 0.05) is 0 Å². The molecule has 2 atom stereocenters. The third-order valence-electron chi connectivity index (χ3n) is 3.24. The summed E-state index contributed by atoms with van der Waals surface area (Å²) >= 11 is 0. The van der Waals surface area contributed by atoms with E-state index in [0.717, 1.165) is 16.5 Å². The van der Waals surface area contributed by atoms with Crippen LogP contribution in [0.4, 0.5) is 0 Å². The van der Waals surface area contributed by atoms with Gasteiger partial charge in [0.1, 0.15) is 11.9 Å². The highest BCUT2D eigenvalue weighted by Gasteiger charge is 2.17. The van der Waals surface area contributed by atoms with Gasteiger partial charge in [0.2, 0.25) is 0 Å². The molecule has 0 bridgehead atoms. The number of methoxy groups -OCH3 is 1. The van der Waals surface area contributed by atoms with Crippen LogP contribution < -0.4 is 10.5 Å². The van der Waals surface area contributed by atoms with Crippen LogP contribution in [-0.2, 0) is 0 Å². The summed E-state index contributed by atoms with van der Waals surface area (Å²) in [6.07, 6.45) is -1.36. The van der Waals surface area contributed by atoms with E-state index in [0.29, 0.717) is 18.5 Å². The molecular weight excluding hydrogens is 242 g/mol. The maximum absolute atomic E-state index is 10.1. The first kappa shape index (κ1) is 13.8. The summed E-state index contributed by atoms with van der Waals surface area (Å²) in [5, 5.41) is 21.9. The van der Waals surface area contributed by atoms with Crippen molar-refractivity contribution in [2.24, 2.45) is 5.73 Å². The largest absolute Gasteiger partial charge is 0.497 e. The number of rotatable bonds is 5. The van der Waals surface area contributed by atoms with Crippen molar-refractivity contribution >= 4 is 10.8 Å².